The number of phenolic OH excluding ortho intramolecular Hbond substituents is 1. The van der Waals surface area contributed by atoms with Crippen LogP contribution >= 0.6 is 75.8 Å². The van der Waals surface area contributed by atoms with Crippen molar-refractivity contribution in [3.05, 3.63) is 29.8 Å². The quantitative estimate of drug-likeness (QED) is 0.0126. The number of phenols is 1. The van der Waals surface area contributed by atoms with Crippen LogP contribution < -0.4 is 90.8 Å². The highest BCUT2D eigenvalue weighted by atomic mass is 32.1. The van der Waals surface area contributed by atoms with Crippen molar-refractivity contribution in [3.63, 3.8) is 0 Å². The lowest BCUT2D eigenvalue weighted by molar-refractivity contribution is -0.143. The number of primary amides is 1. The number of nitrogens with zero attached hydrogens (tertiary/aromatic N) is 3. The molecule has 1 aromatic carbocycles. The highest BCUT2D eigenvalue weighted by Gasteiger charge is 2.42. The number of oxime groups is 2. The molecule has 702 valence electrons. The molecule has 1 heterocycles. The van der Waals surface area contributed by atoms with Crippen molar-refractivity contribution in [2.75, 3.05) is 67.2 Å². The number of likely N-dealkylation sites (tertiary alicyclic amines) is 1. The lowest BCUT2D eigenvalue weighted by atomic mass is 9.94. The van der Waals surface area contributed by atoms with E-state index in [1.54, 1.807) is 27.7 Å². The largest absolute Gasteiger partial charge is 0.508 e. The lowest BCUT2D eigenvalue weighted by Crippen LogP contribution is -2.61. The second-order valence-corrected chi connectivity index (χ2v) is 33.4. The molecule has 49 heteroatoms. The van der Waals surface area contributed by atoms with Gasteiger partial charge in [-0.25, -0.2) is 4.79 Å². The minimum absolute atomic E-state index is 0.0109. The van der Waals surface area contributed by atoms with Gasteiger partial charge in [0, 0.05) is 73.3 Å². The van der Waals surface area contributed by atoms with Crippen molar-refractivity contribution in [2.24, 2.45) is 27.9 Å². The van der Waals surface area contributed by atoms with Gasteiger partial charge >= 0.3 is 11.9 Å². The van der Waals surface area contributed by atoms with Crippen LogP contribution in [0.4, 0.5) is 0 Å². The molecule has 0 saturated carbocycles. The standard InChI is InChI=1S/C76H124N20O23S6/c1-38(2)28-47(87-64(106)46(17-20-61(102)103)86-69(111)53(35-123)92-68(110)50(32-120)84-59(100)19-18-58(99)78-24-21-43(22-25-80-75(7,8)41(5)94-118)23-26-81-76(9,10)42(6)95-119)65(107)91-55(37-125)71(113)93-54(36-124)70(112)88-48(30-57(77)98)73(115)96-27-11-12-56(96)72(114)83-40(4)63(105)90-52(34-122)66(108)82-39(3)62(104)79-31-60(101)85-51(33-121)67(109)89-49(74(116)117)29-44-13-15-45(97)16-14-44/h13-16,38-40,43,46-56,80-81,97,118-125H,11-12,17-37H2,1-10H3,(H2,77,98)(H,78,99)(H,79,104)(H,82,108)(H,83,114)(H,84,100)(H,85,101)(H,86,111)(H,87,106)(H,88,112)(H,89,109)(H,90,105)(H,91,107)(H,92,110)(H,93,113)(H,102,103)(H,116,117)/b94-41+,95-42+/t39-,40-,46-,47-,48-,49-,50-,51-,52-,53-,54-,55-,56-/m0/s1. The third-order valence-corrected chi connectivity index (χ3v) is 22.3. The third-order valence-electron chi connectivity index (χ3n) is 20.1. The van der Waals surface area contributed by atoms with Crippen LogP contribution in [-0.2, 0) is 92.7 Å². The molecule has 1 aromatic rings. The van der Waals surface area contributed by atoms with E-state index in [4.69, 9.17) is 5.73 Å². The maximum Gasteiger partial charge on any atom is 0.326 e. The Morgan fingerprint density at radius 2 is 0.856 bits per heavy atom. The average molecular weight is 1880 g/mol. The minimum atomic E-state index is -1.77. The van der Waals surface area contributed by atoms with Gasteiger partial charge in [-0.2, -0.15) is 75.8 Å². The van der Waals surface area contributed by atoms with Gasteiger partial charge in [0.15, 0.2) is 0 Å². The Morgan fingerprint density at radius 1 is 0.464 bits per heavy atom. The topological polar surface area (TPSA) is 655 Å². The summed E-state index contributed by atoms with van der Waals surface area (Å²) in [6.45, 7) is 17.2. The summed E-state index contributed by atoms with van der Waals surface area (Å²) in [5, 5.41) is 94.9. The van der Waals surface area contributed by atoms with Crippen molar-refractivity contribution >= 4 is 194 Å². The Balaban J connectivity index is 2.11. The highest BCUT2D eigenvalue weighted by molar-refractivity contribution is 7.81. The monoisotopic (exact) mass is 1880 g/mol. The fourth-order valence-electron chi connectivity index (χ4n) is 12.0. The Hall–Kier alpha value is -9.56. The van der Waals surface area contributed by atoms with E-state index in [9.17, 15) is 112 Å². The van der Waals surface area contributed by atoms with Gasteiger partial charge in [-0.1, -0.05) is 36.3 Å². The summed E-state index contributed by atoms with van der Waals surface area (Å²) in [6, 6.07) is -13.8. The molecule has 0 spiro atoms. The number of carboxylic acids is 2. The zero-order chi connectivity index (χ0) is 94.8. The third kappa shape index (κ3) is 40.3. The zero-order valence-electron chi connectivity index (χ0n) is 71.4. The van der Waals surface area contributed by atoms with Gasteiger partial charge in [0.2, 0.25) is 94.5 Å². The second-order valence-electron chi connectivity index (χ2n) is 31.2. The normalized spacial score (nSPS) is 16.1. The number of thiol groups is 6. The number of hydrogen-bond acceptors (Lipinski definition) is 31. The van der Waals surface area contributed by atoms with E-state index in [-0.39, 0.29) is 86.5 Å². The number of nitrogens with one attached hydrogen (secondary N) is 16. The zero-order valence-corrected chi connectivity index (χ0v) is 76.8. The van der Waals surface area contributed by atoms with Crippen LogP contribution in [0.1, 0.15) is 145 Å². The number of carbonyl (C=O) groups is 18. The van der Waals surface area contributed by atoms with Gasteiger partial charge in [0.1, 0.15) is 84.3 Å². The first-order valence-electron chi connectivity index (χ1n) is 40.2. The molecule has 1 fully saturated rings. The number of nitrogens with two attached hydrogens (primary N) is 1. The van der Waals surface area contributed by atoms with Gasteiger partial charge in [0.25, 0.3) is 0 Å². The lowest BCUT2D eigenvalue weighted by Gasteiger charge is -2.30. The highest BCUT2D eigenvalue weighted by Crippen LogP contribution is 2.22. The molecule has 16 amide bonds. The van der Waals surface area contributed by atoms with E-state index in [2.05, 4.69) is 171 Å². The maximum atomic E-state index is 14.3. The van der Waals surface area contributed by atoms with Gasteiger partial charge < -0.3 is 121 Å². The van der Waals surface area contributed by atoms with E-state index in [1.165, 1.54) is 38.1 Å². The molecule has 0 bridgehead atoms. The van der Waals surface area contributed by atoms with Crippen LogP contribution in [-0.4, -0.2) is 305 Å². The summed E-state index contributed by atoms with van der Waals surface area (Å²) in [4.78, 5) is 241. The minimum Gasteiger partial charge on any atom is -0.508 e. The average Bonchev–Trinajstić information content (AvgIpc) is 1.78. The van der Waals surface area contributed by atoms with Crippen molar-refractivity contribution < 1.29 is 112 Å². The Kier molecular flexibility index (Phi) is 50.4. The van der Waals surface area contributed by atoms with Crippen LogP contribution in [0.2, 0.25) is 0 Å². The molecule has 1 aliphatic rings. The van der Waals surface area contributed by atoms with Crippen LogP contribution in [0, 0.1) is 11.8 Å². The van der Waals surface area contributed by atoms with Crippen LogP contribution in [0.15, 0.2) is 34.6 Å². The number of rotatable bonds is 58. The summed E-state index contributed by atoms with van der Waals surface area (Å²) < 4.78 is 0. The van der Waals surface area contributed by atoms with Gasteiger partial charge in [-0.15, -0.1) is 0 Å². The van der Waals surface area contributed by atoms with Crippen molar-refractivity contribution in [2.45, 2.75) is 236 Å². The molecule has 0 aromatic heterocycles. The Morgan fingerprint density at radius 3 is 1.30 bits per heavy atom. The number of aliphatic carboxylic acids is 2. The summed E-state index contributed by atoms with van der Waals surface area (Å²) in [7, 11) is 0. The number of carbonyl (C=O) groups excluding carboxylic acids is 16. The molecule has 125 heavy (non-hydrogen) atoms. The first-order valence-corrected chi connectivity index (χ1v) is 44.0. The number of carboxylic acid groups (broad SMARTS) is 2. The second kappa shape index (κ2) is 56.5. The first kappa shape index (κ1) is 112. The molecule has 1 aliphatic heterocycles. The number of amides is 16. The van der Waals surface area contributed by atoms with E-state index in [0.717, 1.165) is 4.90 Å². The van der Waals surface area contributed by atoms with Crippen molar-refractivity contribution in [1.82, 2.24) is 90.0 Å². The molecule has 1 saturated heterocycles. The van der Waals surface area contributed by atoms with E-state index in [1.807, 2.05) is 27.7 Å². The van der Waals surface area contributed by atoms with Crippen molar-refractivity contribution in [3.8, 4) is 5.75 Å². The molecule has 43 nitrogen and oxygen atoms in total. The van der Waals surface area contributed by atoms with E-state index >= 15 is 0 Å². The maximum absolute atomic E-state index is 14.3. The molecule has 23 N–H and O–H groups in total. The SMILES string of the molecule is C/C(=N\O)C(C)(C)NCCC(CCNC(=O)CCC(=O)N[C@@H](CS)C(=O)N[C@@H](CS)C(=O)N[C@@H](CCC(=O)O)C(=O)N[C@@H](CC(C)C)C(=O)N[C@@H](CS)C(=O)N[C@@H](CS)C(=O)N[C@@H](CC(N)=O)C(=O)N1CCC[C@H]1C(=O)N[C@@H](C)C(=O)N[C@@H](CS)C(=O)N[C@@H](C)C(=O)NCC(=O)N[C@@H](CS)C(=O)N[C@@H](Cc1ccc(O)cc1)C(=O)O)CCNC(C)(C)/C(C)=N/O. The molecular weight excluding hydrogens is 1750 g/mol. The van der Waals surface area contributed by atoms with Gasteiger partial charge in [-0.05, 0) is 143 Å². The van der Waals surface area contributed by atoms with Crippen LogP contribution in [0.25, 0.3) is 0 Å². The molecule has 0 unspecified atom stereocenters. The number of benzene rings is 1. The number of hydrogen-bond donors (Lipinski definition) is 28. The molecule has 2 rings (SSSR count). The summed E-state index contributed by atoms with van der Waals surface area (Å²) >= 11 is 25.1. The number of aromatic hydroxyl groups is 1. The van der Waals surface area contributed by atoms with Gasteiger partial charge in [-0.3, -0.25) is 81.5 Å². The van der Waals surface area contributed by atoms with E-state index < -0.39 is 239 Å². The fraction of sp³-hybridized carbons (Fsp3) is 0.658. The Bertz CT molecular complexity index is 3910. The van der Waals surface area contributed by atoms with Crippen molar-refractivity contribution in [1.29, 1.82) is 0 Å². The summed E-state index contributed by atoms with van der Waals surface area (Å²) in [6.07, 6.45) is -0.889. The predicted molar refractivity (Wildman–Crippen MR) is 479 cm³/mol. The van der Waals surface area contributed by atoms with Crippen LogP contribution in [0.5, 0.6) is 5.75 Å². The molecule has 0 aliphatic carbocycles. The first-order chi connectivity index (χ1) is 58.7. The van der Waals surface area contributed by atoms with E-state index in [0.29, 0.717) is 49.3 Å². The van der Waals surface area contributed by atoms with Crippen LogP contribution in [0.3, 0.4) is 0 Å². The fourth-order valence-corrected chi connectivity index (χ4v) is 13.6. The molecule has 0 radical (unpaired) electrons. The van der Waals surface area contributed by atoms with Gasteiger partial charge in [0.05, 0.1) is 35.5 Å². The summed E-state index contributed by atoms with van der Waals surface area (Å²) in [5.74, 6) is -20.3. The smallest absolute Gasteiger partial charge is 0.326 e. The Labute approximate surface area is 757 Å². The molecular formula is C76H124N20O23S6. The summed E-state index contributed by atoms with van der Waals surface area (Å²) in [5.41, 5.74) is 5.78. The predicted octanol–water partition coefficient (Wildman–Crippen LogP) is -4.53. The molecule has 13 atom stereocenters.